The van der Waals surface area contributed by atoms with Gasteiger partial charge in [0.1, 0.15) is 18.2 Å². The van der Waals surface area contributed by atoms with Crippen molar-refractivity contribution in [2.45, 2.75) is 6.61 Å². The van der Waals surface area contributed by atoms with Gasteiger partial charge >= 0.3 is 5.97 Å². The van der Waals surface area contributed by atoms with E-state index in [1.165, 1.54) is 12.1 Å². The molecule has 0 atom stereocenters. The molecule has 2 N–H and O–H groups in total. The number of benzene rings is 2. The summed E-state index contributed by atoms with van der Waals surface area (Å²) >= 11 is 5.76. The van der Waals surface area contributed by atoms with Crippen LogP contribution in [0, 0.1) is 5.82 Å². The number of halogens is 2. The van der Waals surface area contributed by atoms with E-state index < -0.39 is 11.8 Å². The minimum atomic E-state index is -0.599. The third kappa shape index (κ3) is 4.10. The Labute approximate surface area is 126 Å². The van der Waals surface area contributed by atoms with Crippen LogP contribution >= 0.6 is 11.6 Å². The lowest BCUT2D eigenvalue weighted by atomic mass is 10.2. The predicted octanol–water partition coefficient (Wildman–Crippen LogP) is 3.18. The number of esters is 1. The molecule has 0 bridgehead atoms. The van der Waals surface area contributed by atoms with Gasteiger partial charge in [-0.05, 0) is 18.2 Å². The Morgan fingerprint density at radius 2 is 1.95 bits per heavy atom. The maximum absolute atomic E-state index is 13.2. The number of carbonyl (C=O) groups is 1. The van der Waals surface area contributed by atoms with E-state index in [2.05, 4.69) is 0 Å². The van der Waals surface area contributed by atoms with Crippen molar-refractivity contribution in [3.63, 3.8) is 0 Å². The number of ether oxygens (including phenoxy) is 2. The Morgan fingerprint density at radius 1 is 1.19 bits per heavy atom. The van der Waals surface area contributed by atoms with Gasteiger partial charge in [-0.1, -0.05) is 35.9 Å². The first-order valence-electron chi connectivity index (χ1n) is 6.13. The SMILES string of the molecule is Nc1ccccc1OCC(=O)OCc1cccc(F)c1Cl. The second-order valence-corrected chi connectivity index (χ2v) is 4.58. The molecule has 0 saturated carbocycles. The Balaban J connectivity index is 1.85. The van der Waals surface area contributed by atoms with Crippen molar-refractivity contribution in [2.75, 3.05) is 12.3 Å². The normalized spacial score (nSPS) is 10.2. The van der Waals surface area contributed by atoms with Crippen LogP contribution in [0.2, 0.25) is 5.02 Å². The van der Waals surface area contributed by atoms with Gasteiger partial charge in [-0.2, -0.15) is 0 Å². The standard InChI is InChI=1S/C15H13ClFNO3/c16-15-10(4-3-5-11(15)17)8-21-14(19)9-20-13-7-2-1-6-12(13)18/h1-7H,8-9,18H2. The van der Waals surface area contributed by atoms with Gasteiger partial charge in [0.2, 0.25) is 0 Å². The van der Waals surface area contributed by atoms with Gasteiger partial charge in [0.05, 0.1) is 10.7 Å². The fourth-order valence-corrected chi connectivity index (χ4v) is 1.79. The predicted molar refractivity (Wildman–Crippen MR) is 77.6 cm³/mol. The number of hydrogen-bond acceptors (Lipinski definition) is 4. The summed E-state index contributed by atoms with van der Waals surface area (Å²) in [5.74, 6) is -0.754. The van der Waals surface area contributed by atoms with Crippen molar-refractivity contribution in [1.29, 1.82) is 0 Å². The Morgan fingerprint density at radius 3 is 2.71 bits per heavy atom. The fraction of sp³-hybridized carbons (Fsp3) is 0.133. The molecule has 0 aliphatic carbocycles. The van der Waals surface area contributed by atoms with Crippen LogP contribution in [0.1, 0.15) is 5.56 Å². The summed E-state index contributed by atoms with van der Waals surface area (Å²) in [4.78, 5) is 11.6. The van der Waals surface area contributed by atoms with Crippen LogP contribution in [0.15, 0.2) is 42.5 Å². The molecule has 0 spiro atoms. The van der Waals surface area contributed by atoms with Gasteiger partial charge in [-0.3, -0.25) is 0 Å². The summed E-state index contributed by atoms with van der Waals surface area (Å²) in [6.07, 6.45) is 0. The minimum Gasteiger partial charge on any atom is -0.480 e. The van der Waals surface area contributed by atoms with Crippen LogP contribution in [-0.4, -0.2) is 12.6 Å². The summed E-state index contributed by atoms with van der Waals surface area (Å²) in [5.41, 5.74) is 6.49. The highest BCUT2D eigenvalue weighted by molar-refractivity contribution is 6.31. The van der Waals surface area contributed by atoms with E-state index in [1.807, 2.05) is 0 Å². The molecule has 0 radical (unpaired) electrons. The van der Waals surface area contributed by atoms with Crippen molar-refractivity contribution in [3.05, 3.63) is 58.9 Å². The van der Waals surface area contributed by atoms with Gasteiger partial charge < -0.3 is 15.2 Å². The maximum atomic E-state index is 13.2. The molecular formula is C15H13ClFNO3. The Kier molecular flexibility index (Phi) is 5.00. The number of anilines is 1. The number of nitrogen functional groups attached to an aromatic ring is 1. The molecule has 0 heterocycles. The molecular weight excluding hydrogens is 297 g/mol. The molecule has 110 valence electrons. The molecule has 6 heteroatoms. The topological polar surface area (TPSA) is 61.5 Å². The first kappa shape index (κ1) is 15.1. The molecule has 21 heavy (non-hydrogen) atoms. The van der Waals surface area contributed by atoms with E-state index >= 15 is 0 Å². The van der Waals surface area contributed by atoms with Crippen molar-refractivity contribution in [1.82, 2.24) is 0 Å². The average molecular weight is 310 g/mol. The molecule has 0 aromatic heterocycles. The first-order valence-corrected chi connectivity index (χ1v) is 6.51. The van der Waals surface area contributed by atoms with E-state index in [0.717, 1.165) is 0 Å². The van der Waals surface area contributed by atoms with Crippen LogP contribution in [-0.2, 0) is 16.1 Å². The maximum Gasteiger partial charge on any atom is 0.344 e. The van der Waals surface area contributed by atoms with E-state index in [4.69, 9.17) is 26.8 Å². The van der Waals surface area contributed by atoms with Crippen LogP contribution in [0.3, 0.4) is 0 Å². The number of hydrogen-bond donors (Lipinski definition) is 1. The number of carbonyl (C=O) groups excluding carboxylic acids is 1. The third-order valence-corrected chi connectivity index (χ3v) is 3.11. The van der Waals surface area contributed by atoms with Crippen molar-refractivity contribution in [3.8, 4) is 5.75 Å². The van der Waals surface area contributed by atoms with Gasteiger partial charge in [0.25, 0.3) is 0 Å². The molecule has 2 aromatic carbocycles. The fourth-order valence-electron chi connectivity index (χ4n) is 1.61. The van der Waals surface area contributed by atoms with Crippen molar-refractivity contribution >= 4 is 23.3 Å². The summed E-state index contributed by atoms with van der Waals surface area (Å²) in [6.45, 7) is -0.412. The molecule has 0 aliphatic heterocycles. The van der Waals surface area contributed by atoms with Crippen molar-refractivity contribution in [2.24, 2.45) is 0 Å². The third-order valence-electron chi connectivity index (χ3n) is 2.68. The zero-order valence-corrected chi connectivity index (χ0v) is 11.8. The van der Waals surface area contributed by atoms with Gasteiger partial charge in [0.15, 0.2) is 6.61 Å². The quantitative estimate of drug-likeness (QED) is 0.680. The smallest absolute Gasteiger partial charge is 0.344 e. The average Bonchev–Trinajstić information content (AvgIpc) is 2.48. The second-order valence-electron chi connectivity index (χ2n) is 4.20. The molecule has 0 saturated heterocycles. The molecule has 0 unspecified atom stereocenters. The van der Waals surface area contributed by atoms with E-state index in [-0.39, 0.29) is 18.2 Å². The first-order chi connectivity index (χ1) is 10.1. The Bertz CT molecular complexity index is 649. The highest BCUT2D eigenvalue weighted by atomic mass is 35.5. The molecule has 0 amide bonds. The number of nitrogens with two attached hydrogens (primary N) is 1. The van der Waals surface area contributed by atoms with Crippen LogP contribution in [0.4, 0.5) is 10.1 Å². The van der Waals surface area contributed by atoms with Crippen LogP contribution < -0.4 is 10.5 Å². The monoisotopic (exact) mass is 309 g/mol. The lowest BCUT2D eigenvalue weighted by molar-refractivity contribution is -0.147. The summed E-state index contributed by atoms with van der Waals surface area (Å²) < 4.78 is 23.4. The van der Waals surface area contributed by atoms with Gasteiger partial charge in [0, 0.05) is 5.56 Å². The number of rotatable bonds is 5. The zero-order valence-electron chi connectivity index (χ0n) is 11.0. The Hall–Kier alpha value is -2.27. The number of para-hydroxylation sites is 2. The van der Waals surface area contributed by atoms with Crippen LogP contribution in [0.5, 0.6) is 5.75 Å². The van der Waals surface area contributed by atoms with Crippen molar-refractivity contribution < 1.29 is 18.7 Å². The molecule has 2 aromatic rings. The lowest BCUT2D eigenvalue weighted by Gasteiger charge is -2.09. The summed E-state index contributed by atoms with van der Waals surface area (Å²) in [5, 5.41) is -0.0569. The zero-order chi connectivity index (χ0) is 15.2. The highest BCUT2D eigenvalue weighted by Crippen LogP contribution is 2.21. The van der Waals surface area contributed by atoms with Crippen LogP contribution in [0.25, 0.3) is 0 Å². The summed E-state index contributed by atoms with van der Waals surface area (Å²) in [7, 11) is 0. The molecule has 4 nitrogen and oxygen atoms in total. The largest absolute Gasteiger partial charge is 0.480 e. The molecule has 0 fully saturated rings. The van der Waals surface area contributed by atoms with E-state index in [1.54, 1.807) is 30.3 Å². The van der Waals surface area contributed by atoms with Gasteiger partial charge in [-0.15, -0.1) is 0 Å². The lowest BCUT2D eigenvalue weighted by Crippen LogP contribution is -2.15. The molecule has 0 aliphatic rings. The summed E-state index contributed by atoms with van der Waals surface area (Å²) in [6, 6.07) is 11.1. The molecule has 2 rings (SSSR count). The van der Waals surface area contributed by atoms with E-state index in [9.17, 15) is 9.18 Å². The van der Waals surface area contributed by atoms with Gasteiger partial charge in [-0.25, -0.2) is 9.18 Å². The highest BCUT2D eigenvalue weighted by Gasteiger charge is 2.10. The second kappa shape index (κ2) is 6.95. The van der Waals surface area contributed by atoms with E-state index in [0.29, 0.717) is 17.0 Å². The minimum absolute atomic E-state index is 0.0569.